The number of thiophene rings is 1. The molecule has 0 aromatic carbocycles. The first-order chi connectivity index (χ1) is 11.5. The van der Waals surface area contributed by atoms with E-state index in [-0.39, 0.29) is 24.6 Å². The van der Waals surface area contributed by atoms with Crippen LogP contribution in [-0.2, 0) is 16.1 Å². The molecule has 0 spiro atoms. The molecule has 7 nitrogen and oxygen atoms in total. The molecular weight excluding hydrogens is 330 g/mol. The minimum Gasteiger partial charge on any atom is -0.463 e. The van der Waals surface area contributed by atoms with Gasteiger partial charge in [0.15, 0.2) is 5.43 Å². The van der Waals surface area contributed by atoms with Crippen LogP contribution in [0.15, 0.2) is 39.8 Å². The molecule has 3 heterocycles. The van der Waals surface area contributed by atoms with Crippen LogP contribution in [0.3, 0.4) is 0 Å². The number of amides is 2. The number of pyridine rings is 1. The van der Waals surface area contributed by atoms with Crippen LogP contribution >= 0.6 is 11.3 Å². The van der Waals surface area contributed by atoms with Gasteiger partial charge in [-0.05, 0) is 25.3 Å². The van der Waals surface area contributed by atoms with Crippen LogP contribution < -0.4 is 16.1 Å². The molecule has 0 saturated heterocycles. The maximum absolute atomic E-state index is 12.3. The van der Waals surface area contributed by atoms with Crippen LogP contribution in [0.25, 0.3) is 10.2 Å². The summed E-state index contributed by atoms with van der Waals surface area (Å²) in [5.41, 5.74) is 1.58. The Kier molecular flexibility index (Phi) is 4.39. The molecule has 0 fully saturated rings. The van der Waals surface area contributed by atoms with Gasteiger partial charge in [-0.25, -0.2) is 9.59 Å². The predicted molar refractivity (Wildman–Crippen MR) is 90.9 cm³/mol. The van der Waals surface area contributed by atoms with E-state index in [9.17, 15) is 14.4 Å². The molecule has 2 aromatic heterocycles. The largest absolute Gasteiger partial charge is 0.463 e. The maximum Gasteiger partial charge on any atom is 0.337 e. The first-order valence-electron chi connectivity index (χ1n) is 7.55. The lowest BCUT2D eigenvalue weighted by atomic mass is 10.0. The number of allylic oxidation sites excluding steroid dienone is 1. The van der Waals surface area contributed by atoms with Gasteiger partial charge in [0.1, 0.15) is 0 Å². The van der Waals surface area contributed by atoms with Crippen molar-refractivity contribution in [2.24, 2.45) is 0 Å². The Hall–Kier alpha value is -2.61. The standard InChI is InChI=1S/C16H17N3O4S/c1-3-23-15(21)13-9(2)17-16(22)18-10(13)8-19-6-4-12(20)14-11(19)5-7-24-14/h4-7,9H,3,8H2,1-2H3,(H2,17,18,22). The van der Waals surface area contributed by atoms with E-state index in [0.717, 1.165) is 5.52 Å². The number of urea groups is 1. The van der Waals surface area contributed by atoms with E-state index in [4.69, 9.17) is 4.74 Å². The van der Waals surface area contributed by atoms with Gasteiger partial charge in [-0.2, -0.15) is 0 Å². The van der Waals surface area contributed by atoms with E-state index in [2.05, 4.69) is 10.6 Å². The first kappa shape index (κ1) is 16.3. The number of aromatic nitrogens is 1. The van der Waals surface area contributed by atoms with Crippen LogP contribution in [0.5, 0.6) is 0 Å². The lowest BCUT2D eigenvalue weighted by molar-refractivity contribution is -0.139. The van der Waals surface area contributed by atoms with E-state index in [1.807, 2.05) is 16.0 Å². The van der Waals surface area contributed by atoms with Gasteiger partial charge in [0.2, 0.25) is 0 Å². The number of esters is 1. The van der Waals surface area contributed by atoms with Crippen molar-refractivity contribution in [3.8, 4) is 0 Å². The number of nitrogens with one attached hydrogen (secondary N) is 2. The van der Waals surface area contributed by atoms with Crippen LogP contribution in [0.4, 0.5) is 4.79 Å². The average Bonchev–Trinajstić information content (AvgIpc) is 3.00. The topological polar surface area (TPSA) is 89.4 Å². The summed E-state index contributed by atoms with van der Waals surface area (Å²) in [6, 6.07) is 2.51. The minimum atomic E-state index is -0.463. The molecular formula is C16H17N3O4S. The Morgan fingerprint density at radius 3 is 2.92 bits per heavy atom. The highest BCUT2D eigenvalue weighted by Crippen LogP contribution is 2.20. The molecule has 0 aliphatic carbocycles. The van der Waals surface area contributed by atoms with E-state index >= 15 is 0 Å². The van der Waals surface area contributed by atoms with E-state index in [0.29, 0.717) is 16.0 Å². The van der Waals surface area contributed by atoms with E-state index < -0.39 is 12.0 Å². The summed E-state index contributed by atoms with van der Waals surface area (Å²) < 4.78 is 7.58. The van der Waals surface area contributed by atoms with Crippen LogP contribution in [-0.4, -0.2) is 29.2 Å². The highest BCUT2D eigenvalue weighted by Gasteiger charge is 2.29. The molecule has 2 N–H and O–H groups in total. The zero-order chi connectivity index (χ0) is 17.3. The highest BCUT2D eigenvalue weighted by molar-refractivity contribution is 7.17. The second-order valence-corrected chi connectivity index (χ2v) is 6.29. The summed E-state index contributed by atoms with van der Waals surface area (Å²) in [5, 5.41) is 7.19. The highest BCUT2D eigenvalue weighted by atomic mass is 32.1. The van der Waals surface area contributed by atoms with Gasteiger partial charge in [-0.3, -0.25) is 4.79 Å². The van der Waals surface area contributed by atoms with Gasteiger partial charge >= 0.3 is 12.0 Å². The Balaban J connectivity index is 2.06. The Morgan fingerprint density at radius 1 is 1.38 bits per heavy atom. The number of ether oxygens (including phenoxy) is 1. The smallest absolute Gasteiger partial charge is 0.337 e. The van der Waals surface area contributed by atoms with E-state index in [1.54, 1.807) is 20.0 Å². The van der Waals surface area contributed by atoms with Crippen LogP contribution in [0, 0.1) is 0 Å². The van der Waals surface area contributed by atoms with Crippen molar-refractivity contribution in [1.82, 2.24) is 15.2 Å². The third-order valence-corrected chi connectivity index (χ3v) is 4.70. The molecule has 0 radical (unpaired) electrons. The summed E-state index contributed by atoms with van der Waals surface area (Å²) in [7, 11) is 0. The number of hydrogen-bond donors (Lipinski definition) is 2. The van der Waals surface area contributed by atoms with Gasteiger partial charge in [0, 0.05) is 12.3 Å². The second kappa shape index (κ2) is 6.48. The van der Waals surface area contributed by atoms with Crippen molar-refractivity contribution < 1.29 is 14.3 Å². The average molecular weight is 347 g/mol. The number of rotatable bonds is 4. The normalized spacial score (nSPS) is 17.6. The van der Waals surface area contributed by atoms with Crippen molar-refractivity contribution in [2.75, 3.05) is 6.61 Å². The summed E-state index contributed by atoms with van der Waals surface area (Å²) >= 11 is 1.37. The van der Waals surface area contributed by atoms with E-state index in [1.165, 1.54) is 17.4 Å². The molecule has 0 saturated carbocycles. The van der Waals surface area contributed by atoms with Crippen LogP contribution in [0.2, 0.25) is 0 Å². The van der Waals surface area contributed by atoms with Gasteiger partial charge < -0.3 is 19.9 Å². The molecule has 0 bridgehead atoms. The first-order valence-corrected chi connectivity index (χ1v) is 8.43. The third-order valence-electron chi connectivity index (χ3n) is 3.78. The van der Waals surface area contributed by atoms with Gasteiger partial charge in [0.25, 0.3) is 0 Å². The summed E-state index contributed by atoms with van der Waals surface area (Å²) in [6.07, 6.45) is 1.66. The van der Waals surface area contributed by atoms with Gasteiger partial charge in [0.05, 0.1) is 40.7 Å². The maximum atomic E-state index is 12.3. The molecule has 2 aromatic rings. The fourth-order valence-corrected chi connectivity index (χ4v) is 3.56. The fourth-order valence-electron chi connectivity index (χ4n) is 2.74. The van der Waals surface area contributed by atoms with Crippen molar-refractivity contribution in [3.05, 3.63) is 45.2 Å². The molecule has 1 aliphatic rings. The Morgan fingerprint density at radius 2 is 2.17 bits per heavy atom. The SMILES string of the molecule is CCOC(=O)C1=C(Cn2ccc(=O)c3sccc32)NC(=O)NC1C. The summed E-state index contributed by atoms with van der Waals surface area (Å²) in [6.45, 7) is 3.98. The lowest BCUT2D eigenvalue weighted by Gasteiger charge is -2.27. The predicted octanol–water partition coefficient (Wildman–Crippen LogP) is 1.58. The summed E-state index contributed by atoms with van der Waals surface area (Å²) in [5.74, 6) is -0.463. The fraction of sp³-hybridized carbons (Fsp3) is 0.312. The zero-order valence-corrected chi connectivity index (χ0v) is 14.1. The number of nitrogens with zero attached hydrogens (tertiary/aromatic N) is 1. The molecule has 1 aliphatic heterocycles. The zero-order valence-electron chi connectivity index (χ0n) is 13.3. The lowest BCUT2D eigenvalue weighted by Crippen LogP contribution is -2.49. The van der Waals surface area contributed by atoms with Crippen molar-refractivity contribution >= 4 is 33.6 Å². The molecule has 126 valence electrons. The molecule has 24 heavy (non-hydrogen) atoms. The van der Waals surface area contributed by atoms with Crippen LogP contribution in [0.1, 0.15) is 13.8 Å². The quantitative estimate of drug-likeness (QED) is 0.822. The van der Waals surface area contributed by atoms with Crippen molar-refractivity contribution in [2.45, 2.75) is 26.4 Å². The Bertz CT molecular complexity index is 896. The molecule has 1 unspecified atom stereocenters. The number of hydrogen-bond acceptors (Lipinski definition) is 5. The number of carbonyl (C=O) groups excluding carboxylic acids is 2. The monoisotopic (exact) mass is 347 g/mol. The second-order valence-electron chi connectivity index (χ2n) is 5.38. The van der Waals surface area contributed by atoms with Crippen molar-refractivity contribution in [1.29, 1.82) is 0 Å². The summed E-state index contributed by atoms with van der Waals surface area (Å²) in [4.78, 5) is 35.9. The minimum absolute atomic E-state index is 0.0430. The molecule has 2 amide bonds. The number of carbonyl (C=O) groups is 2. The molecule has 1 atom stereocenters. The molecule has 3 rings (SSSR count). The number of fused-ring (bicyclic) bond motifs is 1. The van der Waals surface area contributed by atoms with Gasteiger partial charge in [-0.15, -0.1) is 11.3 Å². The third kappa shape index (κ3) is 2.92. The molecule has 8 heteroatoms. The Labute approximate surface area is 141 Å². The van der Waals surface area contributed by atoms with Gasteiger partial charge in [-0.1, -0.05) is 0 Å². The van der Waals surface area contributed by atoms with Crippen molar-refractivity contribution in [3.63, 3.8) is 0 Å².